The molecule has 0 saturated heterocycles. The van der Waals surface area contributed by atoms with Crippen molar-refractivity contribution >= 4 is 21.9 Å². The Balaban J connectivity index is 1.26. The Kier molecular flexibility index (Phi) is 5.35. The van der Waals surface area contributed by atoms with Gasteiger partial charge in [-0.25, -0.2) is 4.98 Å². The first-order valence-electron chi connectivity index (χ1n) is 12.7. The van der Waals surface area contributed by atoms with Crippen LogP contribution < -0.4 is 4.74 Å². The van der Waals surface area contributed by atoms with Crippen LogP contribution in [0.5, 0.6) is 5.75 Å². The van der Waals surface area contributed by atoms with Gasteiger partial charge in [0.2, 0.25) is 0 Å². The van der Waals surface area contributed by atoms with Gasteiger partial charge in [0.25, 0.3) is 0 Å². The maximum Gasteiger partial charge on any atom is 0.181 e. The first-order chi connectivity index (χ1) is 18.3. The van der Waals surface area contributed by atoms with Crippen LogP contribution in [0.1, 0.15) is 32.1 Å². The molecule has 8 nitrogen and oxygen atoms in total. The highest BCUT2D eigenvalue weighted by atomic mass is 16.5. The van der Waals surface area contributed by atoms with E-state index < -0.39 is 0 Å². The summed E-state index contributed by atoms with van der Waals surface area (Å²) in [5.74, 6) is 0.808. The Hall–Kier alpha value is -4.59. The van der Waals surface area contributed by atoms with Gasteiger partial charge in [-0.2, -0.15) is 5.10 Å². The fourth-order valence-corrected chi connectivity index (χ4v) is 5.22. The summed E-state index contributed by atoms with van der Waals surface area (Å²) in [6.07, 6.45) is 19.1. The molecule has 1 aliphatic rings. The predicted octanol–water partition coefficient (Wildman–Crippen LogP) is 6.34. The Morgan fingerprint density at radius 2 is 1.65 bits per heavy atom. The molecule has 0 amide bonds. The lowest BCUT2D eigenvalue weighted by Gasteiger charge is -2.23. The summed E-state index contributed by atoms with van der Waals surface area (Å²) in [4.78, 5) is 21.3. The van der Waals surface area contributed by atoms with E-state index in [2.05, 4.69) is 53.3 Å². The number of pyridine rings is 4. The summed E-state index contributed by atoms with van der Waals surface area (Å²) in [6.45, 7) is 0. The summed E-state index contributed by atoms with van der Waals surface area (Å²) < 4.78 is 6.25. The molecule has 2 N–H and O–H groups in total. The van der Waals surface area contributed by atoms with Gasteiger partial charge in [0.1, 0.15) is 5.75 Å². The minimum atomic E-state index is 0.278. The average Bonchev–Trinajstić information content (AvgIpc) is 3.58. The van der Waals surface area contributed by atoms with Crippen LogP contribution in [0.25, 0.3) is 55.6 Å². The van der Waals surface area contributed by atoms with Gasteiger partial charge in [0, 0.05) is 64.0 Å². The molecule has 182 valence electrons. The molecule has 0 unspecified atom stereocenters. The van der Waals surface area contributed by atoms with Crippen molar-refractivity contribution in [2.24, 2.45) is 0 Å². The van der Waals surface area contributed by atoms with Crippen LogP contribution in [0.2, 0.25) is 0 Å². The molecule has 0 aliphatic heterocycles. The molecule has 6 heterocycles. The fraction of sp³-hybridized carbons (Fsp3) is 0.207. The summed E-state index contributed by atoms with van der Waals surface area (Å²) in [5, 5.41) is 9.63. The summed E-state index contributed by atoms with van der Waals surface area (Å²) in [7, 11) is 0. The van der Waals surface area contributed by atoms with E-state index in [1.807, 2.05) is 43.1 Å². The number of H-pyrrole nitrogens is 2. The number of aromatic nitrogens is 7. The third-order valence-electron chi connectivity index (χ3n) is 7.10. The normalized spacial score (nSPS) is 14.4. The van der Waals surface area contributed by atoms with Gasteiger partial charge < -0.3 is 9.72 Å². The second kappa shape index (κ2) is 9.13. The fourth-order valence-electron chi connectivity index (χ4n) is 5.22. The minimum Gasteiger partial charge on any atom is -0.489 e. The Morgan fingerprint density at radius 3 is 2.54 bits per heavy atom. The van der Waals surface area contributed by atoms with Crippen LogP contribution >= 0.6 is 0 Å². The first-order valence-corrected chi connectivity index (χ1v) is 12.7. The van der Waals surface area contributed by atoms with Gasteiger partial charge in [-0.3, -0.25) is 20.1 Å². The van der Waals surface area contributed by atoms with Crippen molar-refractivity contribution in [1.82, 2.24) is 35.1 Å². The zero-order chi connectivity index (χ0) is 24.6. The number of rotatable bonds is 5. The Morgan fingerprint density at radius 1 is 0.784 bits per heavy atom. The van der Waals surface area contributed by atoms with Crippen molar-refractivity contribution in [3.8, 4) is 39.4 Å². The molecule has 0 atom stereocenters. The van der Waals surface area contributed by atoms with Crippen molar-refractivity contribution in [2.75, 3.05) is 0 Å². The van der Waals surface area contributed by atoms with E-state index in [9.17, 15) is 0 Å². The van der Waals surface area contributed by atoms with Crippen molar-refractivity contribution in [2.45, 2.75) is 38.2 Å². The van der Waals surface area contributed by atoms with E-state index in [-0.39, 0.29) is 6.10 Å². The zero-order valence-corrected chi connectivity index (χ0v) is 20.2. The van der Waals surface area contributed by atoms with Gasteiger partial charge in [0.05, 0.1) is 35.4 Å². The van der Waals surface area contributed by atoms with E-state index in [4.69, 9.17) is 4.74 Å². The van der Waals surface area contributed by atoms with Crippen molar-refractivity contribution in [1.29, 1.82) is 0 Å². The highest BCUT2D eigenvalue weighted by Crippen LogP contribution is 2.34. The summed E-state index contributed by atoms with van der Waals surface area (Å²) >= 11 is 0. The molecule has 0 spiro atoms. The highest BCUT2D eigenvalue weighted by Gasteiger charge is 2.17. The molecule has 7 rings (SSSR count). The third-order valence-corrected chi connectivity index (χ3v) is 7.10. The summed E-state index contributed by atoms with van der Waals surface area (Å²) in [5.41, 5.74) is 7.37. The molecular weight excluding hydrogens is 462 g/mol. The average molecular weight is 488 g/mol. The highest BCUT2D eigenvalue weighted by molar-refractivity contribution is 6.00. The molecule has 6 aromatic heterocycles. The molecule has 1 fully saturated rings. The molecule has 0 radical (unpaired) electrons. The number of hydrogen-bond donors (Lipinski definition) is 2. The molecule has 37 heavy (non-hydrogen) atoms. The quantitative estimate of drug-likeness (QED) is 0.294. The van der Waals surface area contributed by atoms with Crippen LogP contribution in [-0.4, -0.2) is 41.2 Å². The van der Waals surface area contributed by atoms with Crippen LogP contribution in [0.15, 0.2) is 73.7 Å². The number of hydrogen-bond acceptors (Lipinski definition) is 6. The van der Waals surface area contributed by atoms with Crippen LogP contribution in [-0.2, 0) is 0 Å². The number of nitrogens with zero attached hydrogens (tertiary/aromatic N) is 5. The van der Waals surface area contributed by atoms with E-state index in [1.165, 1.54) is 19.3 Å². The minimum absolute atomic E-state index is 0.278. The summed E-state index contributed by atoms with van der Waals surface area (Å²) in [6, 6.07) is 10.3. The number of ether oxygens (including phenoxy) is 1. The lowest BCUT2D eigenvalue weighted by atomic mass is 9.98. The molecule has 8 heteroatoms. The largest absolute Gasteiger partial charge is 0.489 e. The second-order valence-electron chi connectivity index (χ2n) is 9.55. The predicted molar refractivity (Wildman–Crippen MR) is 143 cm³/mol. The molecular formula is C29H25N7O. The number of aromatic amines is 2. The van der Waals surface area contributed by atoms with E-state index in [0.29, 0.717) is 5.65 Å². The molecule has 0 bridgehead atoms. The van der Waals surface area contributed by atoms with Crippen LogP contribution in [0.4, 0.5) is 0 Å². The van der Waals surface area contributed by atoms with E-state index in [0.717, 1.165) is 68.5 Å². The maximum atomic E-state index is 6.25. The second-order valence-corrected chi connectivity index (χ2v) is 9.55. The monoisotopic (exact) mass is 487 g/mol. The maximum absolute atomic E-state index is 6.25. The third kappa shape index (κ3) is 4.10. The van der Waals surface area contributed by atoms with Crippen LogP contribution in [0, 0.1) is 0 Å². The zero-order valence-electron chi connectivity index (χ0n) is 20.2. The van der Waals surface area contributed by atoms with Gasteiger partial charge in [-0.05, 0) is 49.9 Å². The van der Waals surface area contributed by atoms with Gasteiger partial charge in [-0.15, -0.1) is 0 Å². The lowest BCUT2D eigenvalue weighted by molar-refractivity contribution is 0.154. The van der Waals surface area contributed by atoms with Crippen LogP contribution in [0.3, 0.4) is 0 Å². The smallest absolute Gasteiger partial charge is 0.181 e. The van der Waals surface area contributed by atoms with E-state index in [1.54, 1.807) is 12.4 Å². The Labute approximate surface area is 213 Å². The van der Waals surface area contributed by atoms with Gasteiger partial charge >= 0.3 is 0 Å². The standard InChI is InChI=1S/C29H25N7O/c1-2-6-21(7-3-1)37-22-9-19(13-31-15-22)20-10-24-28(35-36-29(24)33-14-20)26-11-23-25(16-32-17-27(23)34-26)18-5-4-8-30-12-18/h4-5,8-17,21,34H,1-3,6-7H2,(H,33,35,36). The number of fused-ring (bicyclic) bond motifs is 2. The molecule has 1 saturated carbocycles. The SMILES string of the molecule is c1cncc(-c2cncc3[nH]c(-c4[nH]nc5ncc(-c6cncc(OC7CCCCC7)c6)cc45)cc23)c1. The van der Waals surface area contributed by atoms with Gasteiger partial charge in [-0.1, -0.05) is 12.5 Å². The van der Waals surface area contributed by atoms with Crippen molar-refractivity contribution < 1.29 is 4.74 Å². The Bertz CT molecular complexity index is 1700. The van der Waals surface area contributed by atoms with Crippen molar-refractivity contribution in [3.05, 3.63) is 73.7 Å². The van der Waals surface area contributed by atoms with Gasteiger partial charge in [0.15, 0.2) is 5.65 Å². The van der Waals surface area contributed by atoms with E-state index >= 15 is 0 Å². The number of nitrogens with one attached hydrogen (secondary N) is 2. The lowest BCUT2D eigenvalue weighted by Crippen LogP contribution is -2.19. The van der Waals surface area contributed by atoms with Crippen molar-refractivity contribution in [3.63, 3.8) is 0 Å². The molecule has 6 aromatic rings. The molecule has 0 aromatic carbocycles. The first kappa shape index (κ1) is 21.7. The molecule has 1 aliphatic carbocycles. The topological polar surface area (TPSA) is 105 Å².